The molecule has 1 rings (SSSR count). The number of aliphatic imine (C=N–C) groups is 1. The molecule has 0 aromatic heterocycles. The smallest absolute Gasteiger partial charge is 0.382 e. The van der Waals surface area contributed by atoms with Crippen molar-refractivity contribution in [3.8, 4) is 0 Å². The van der Waals surface area contributed by atoms with Crippen LogP contribution in [0.2, 0.25) is 0 Å². The van der Waals surface area contributed by atoms with Crippen LogP contribution in [0, 0.1) is 5.92 Å². The summed E-state index contributed by atoms with van der Waals surface area (Å²) in [5.74, 6) is 0.712. The molecule has 1 heterocycles. The van der Waals surface area contributed by atoms with Crippen LogP contribution < -0.4 is 10.6 Å². The van der Waals surface area contributed by atoms with E-state index >= 15 is 0 Å². The number of nitrogens with zero attached hydrogens (tertiary/aromatic N) is 2. The second kappa shape index (κ2) is 12.2. The Hall–Kier alpha value is -0.340. The lowest BCUT2D eigenvalue weighted by Crippen LogP contribution is -2.47. The van der Waals surface area contributed by atoms with Crippen LogP contribution in [0.4, 0.5) is 13.2 Å². The number of hydrogen-bond donors (Lipinski definition) is 2. The number of halogens is 4. The van der Waals surface area contributed by atoms with Crippen LogP contribution in [-0.2, 0) is 14.8 Å². The minimum Gasteiger partial charge on any atom is -0.382 e. The maximum absolute atomic E-state index is 12.5. The molecule has 0 amide bonds. The Morgan fingerprint density at radius 3 is 2.38 bits per heavy atom. The lowest BCUT2D eigenvalue weighted by Gasteiger charge is -2.31. The van der Waals surface area contributed by atoms with Crippen molar-refractivity contribution in [2.75, 3.05) is 46.4 Å². The van der Waals surface area contributed by atoms with E-state index in [1.54, 1.807) is 7.05 Å². The Bertz CT molecular complexity index is 524. The standard InChI is InChI=1S/C14H27F3N4O3S.HI/c1-3-24-10-4-7-19-13(18-2)20-11-12-5-8-21(9-6-12)25(22,23)14(15,16)17;/h12H,3-11H2,1-2H3,(H2,18,19,20);1H. The number of nitrogens with one attached hydrogen (secondary N) is 2. The van der Waals surface area contributed by atoms with E-state index in [1.165, 1.54) is 0 Å². The summed E-state index contributed by atoms with van der Waals surface area (Å²) < 4.78 is 66.1. The molecule has 0 atom stereocenters. The van der Waals surface area contributed by atoms with E-state index in [4.69, 9.17) is 4.74 Å². The predicted octanol–water partition coefficient (Wildman–Crippen LogP) is 1.76. The zero-order valence-electron chi connectivity index (χ0n) is 15.0. The number of ether oxygens (including phenoxy) is 1. The number of rotatable bonds is 8. The third kappa shape index (κ3) is 8.13. The van der Waals surface area contributed by atoms with Crippen LogP contribution in [0.1, 0.15) is 26.2 Å². The van der Waals surface area contributed by atoms with Crippen LogP contribution in [0.25, 0.3) is 0 Å². The lowest BCUT2D eigenvalue weighted by molar-refractivity contribution is -0.0496. The first-order valence-corrected chi connectivity index (χ1v) is 9.75. The average molecular weight is 516 g/mol. The molecule has 1 fully saturated rings. The molecule has 1 aliphatic rings. The second-order valence-electron chi connectivity index (χ2n) is 5.72. The fraction of sp³-hybridized carbons (Fsp3) is 0.929. The Kier molecular flexibility index (Phi) is 12.0. The third-order valence-electron chi connectivity index (χ3n) is 3.95. The fourth-order valence-corrected chi connectivity index (χ4v) is 3.47. The highest BCUT2D eigenvalue weighted by atomic mass is 127. The van der Waals surface area contributed by atoms with Gasteiger partial charge >= 0.3 is 15.5 Å². The summed E-state index contributed by atoms with van der Waals surface area (Å²) in [5, 5.41) is 6.25. The van der Waals surface area contributed by atoms with E-state index in [9.17, 15) is 21.6 Å². The summed E-state index contributed by atoms with van der Waals surface area (Å²) in [5.41, 5.74) is -5.23. The van der Waals surface area contributed by atoms with Gasteiger partial charge in [0, 0.05) is 46.4 Å². The minimum atomic E-state index is -5.23. The van der Waals surface area contributed by atoms with Gasteiger partial charge in [-0.25, -0.2) is 8.42 Å². The lowest BCUT2D eigenvalue weighted by atomic mass is 9.98. The molecule has 1 saturated heterocycles. The molecule has 26 heavy (non-hydrogen) atoms. The largest absolute Gasteiger partial charge is 0.511 e. The molecule has 0 aromatic rings. The van der Waals surface area contributed by atoms with Crippen LogP contribution in [0.5, 0.6) is 0 Å². The Labute approximate surface area is 170 Å². The molecule has 156 valence electrons. The molecule has 0 aromatic carbocycles. The van der Waals surface area contributed by atoms with Crippen molar-refractivity contribution < 1.29 is 26.3 Å². The van der Waals surface area contributed by atoms with Gasteiger partial charge in [-0.2, -0.15) is 17.5 Å². The van der Waals surface area contributed by atoms with Crippen molar-refractivity contribution >= 4 is 40.0 Å². The molecule has 2 N–H and O–H groups in total. The molecule has 0 unspecified atom stereocenters. The van der Waals surface area contributed by atoms with E-state index in [-0.39, 0.29) is 43.0 Å². The summed E-state index contributed by atoms with van der Waals surface area (Å²) >= 11 is 0. The molecule has 0 bridgehead atoms. The van der Waals surface area contributed by atoms with Crippen molar-refractivity contribution in [3.63, 3.8) is 0 Å². The quantitative estimate of drug-likeness (QED) is 0.223. The van der Waals surface area contributed by atoms with Gasteiger partial charge in [0.15, 0.2) is 5.96 Å². The van der Waals surface area contributed by atoms with Gasteiger partial charge < -0.3 is 15.4 Å². The van der Waals surface area contributed by atoms with Crippen LogP contribution in [-0.4, -0.2) is 70.6 Å². The molecular formula is C14H28F3IN4O3S. The normalized spacial score (nSPS) is 17.7. The molecule has 0 saturated carbocycles. The second-order valence-corrected chi connectivity index (χ2v) is 7.65. The molecule has 0 spiro atoms. The summed E-state index contributed by atoms with van der Waals surface area (Å²) in [6.07, 6.45) is 1.59. The highest BCUT2D eigenvalue weighted by Gasteiger charge is 2.50. The fourth-order valence-electron chi connectivity index (χ4n) is 2.49. The SMILES string of the molecule is CCOCCCNC(=NC)NCC1CCN(S(=O)(=O)C(F)(F)F)CC1.I. The Balaban J connectivity index is 0.00000625. The van der Waals surface area contributed by atoms with E-state index in [0.29, 0.717) is 49.4 Å². The van der Waals surface area contributed by atoms with Gasteiger partial charge in [0.25, 0.3) is 0 Å². The summed E-state index contributed by atoms with van der Waals surface area (Å²) in [6, 6.07) is 0. The molecule has 1 aliphatic heterocycles. The van der Waals surface area contributed by atoms with Gasteiger partial charge in [0.2, 0.25) is 0 Å². The van der Waals surface area contributed by atoms with Crippen LogP contribution >= 0.6 is 24.0 Å². The van der Waals surface area contributed by atoms with Crippen LogP contribution in [0.15, 0.2) is 4.99 Å². The molecular weight excluding hydrogens is 488 g/mol. The Morgan fingerprint density at radius 1 is 1.27 bits per heavy atom. The van der Waals surface area contributed by atoms with Crippen LogP contribution in [0.3, 0.4) is 0 Å². The van der Waals surface area contributed by atoms with Gasteiger partial charge in [-0.15, -0.1) is 24.0 Å². The molecule has 0 aliphatic carbocycles. The van der Waals surface area contributed by atoms with E-state index < -0.39 is 15.5 Å². The van der Waals surface area contributed by atoms with Gasteiger partial charge in [0.1, 0.15) is 0 Å². The summed E-state index contributed by atoms with van der Waals surface area (Å²) in [6.45, 7) is 4.26. The molecule has 7 nitrogen and oxygen atoms in total. The first-order chi connectivity index (χ1) is 11.7. The number of guanidine groups is 1. The maximum Gasteiger partial charge on any atom is 0.511 e. The van der Waals surface area contributed by atoms with Crippen molar-refractivity contribution in [2.45, 2.75) is 31.7 Å². The van der Waals surface area contributed by atoms with E-state index in [0.717, 1.165) is 6.42 Å². The van der Waals surface area contributed by atoms with Crippen molar-refractivity contribution in [2.24, 2.45) is 10.9 Å². The molecule has 12 heteroatoms. The zero-order chi connectivity index (χ0) is 18.9. The van der Waals surface area contributed by atoms with Crippen molar-refractivity contribution in [1.29, 1.82) is 0 Å². The number of alkyl halides is 3. The predicted molar refractivity (Wildman–Crippen MR) is 105 cm³/mol. The highest BCUT2D eigenvalue weighted by molar-refractivity contribution is 14.0. The first-order valence-electron chi connectivity index (χ1n) is 8.31. The number of piperidine rings is 1. The van der Waals surface area contributed by atoms with E-state index in [2.05, 4.69) is 15.6 Å². The van der Waals surface area contributed by atoms with Gasteiger partial charge in [-0.05, 0) is 32.1 Å². The highest BCUT2D eigenvalue weighted by Crippen LogP contribution is 2.30. The first kappa shape index (κ1) is 25.7. The average Bonchev–Trinajstić information content (AvgIpc) is 2.56. The van der Waals surface area contributed by atoms with E-state index in [1.807, 2.05) is 6.92 Å². The number of hydrogen-bond acceptors (Lipinski definition) is 4. The minimum absolute atomic E-state index is 0. The zero-order valence-corrected chi connectivity index (χ0v) is 18.2. The third-order valence-corrected chi connectivity index (χ3v) is 5.58. The maximum atomic E-state index is 12.5. The Morgan fingerprint density at radius 2 is 1.88 bits per heavy atom. The van der Waals surface area contributed by atoms with Gasteiger partial charge in [-0.1, -0.05) is 0 Å². The molecule has 0 radical (unpaired) electrons. The number of sulfonamides is 1. The topological polar surface area (TPSA) is 83.0 Å². The van der Waals surface area contributed by atoms with Gasteiger partial charge in [0.05, 0.1) is 0 Å². The summed E-state index contributed by atoms with van der Waals surface area (Å²) in [7, 11) is -3.58. The van der Waals surface area contributed by atoms with Gasteiger partial charge in [-0.3, -0.25) is 4.99 Å². The summed E-state index contributed by atoms with van der Waals surface area (Å²) in [4.78, 5) is 4.08. The van der Waals surface area contributed by atoms with Crippen molar-refractivity contribution in [1.82, 2.24) is 14.9 Å². The van der Waals surface area contributed by atoms with Crippen molar-refractivity contribution in [3.05, 3.63) is 0 Å². The monoisotopic (exact) mass is 516 g/mol.